The summed E-state index contributed by atoms with van der Waals surface area (Å²) >= 11 is 0. The van der Waals surface area contributed by atoms with E-state index < -0.39 is 0 Å². The molecule has 5 rings (SSSR count). The molecule has 0 atom stereocenters. The first-order valence-electron chi connectivity index (χ1n) is 11.8. The number of aromatic nitrogens is 1. The van der Waals surface area contributed by atoms with E-state index in [-0.39, 0.29) is 5.91 Å². The van der Waals surface area contributed by atoms with Gasteiger partial charge in [0.1, 0.15) is 5.69 Å². The molecule has 5 nitrogen and oxygen atoms in total. The minimum Gasteiger partial charge on any atom is -0.351 e. The summed E-state index contributed by atoms with van der Waals surface area (Å²) in [6.45, 7) is 3.98. The van der Waals surface area contributed by atoms with Crippen LogP contribution in [0.5, 0.6) is 0 Å². The third-order valence-electron chi connectivity index (χ3n) is 7.24. The number of carbonyl (C=O) groups excluding carboxylic acids is 1. The third-order valence-corrected chi connectivity index (χ3v) is 7.24. The second kappa shape index (κ2) is 9.18. The van der Waals surface area contributed by atoms with Crippen molar-refractivity contribution in [3.05, 3.63) is 70.9 Å². The van der Waals surface area contributed by atoms with E-state index in [2.05, 4.69) is 33.4 Å². The number of rotatable bonds is 5. The van der Waals surface area contributed by atoms with Gasteiger partial charge in [-0.15, -0.1) is 0 Å². The Labute approximate surface area is 189 Å². The van der Waals surface area contributed by atoms with Crippen LogP contribution in [0.3, 0.4) is 0 Å². The molecule has 0 saturated heterocycles. The zero-order valence-electron chi connectivity index (χ0n) is 18.4. The number of amides is 1. The van der Waals surface area contributed by atoms with Crippen LogP contribution in [-0.4, -0.2) is 35.4 Å². The summed E-state index contributed by atoms with van der Waals surface area (Å²) in [5, 5.41) is 13.4. The van der Waals surface area contributed by atoms with Crippen molar-refractivity contribution in [2.75, 3.05) is 19.6 Å². The number of hydrogen-bond donors (Lipinski definition) is 2. The van der Waals surface area contributed by atoms with E-state index in [0.29, 0.717) is 11.6 Å². The maximum Gasteiger partial charge on any atom is 0.267 e. The molecule has 2 heterocycles. The molecular formula is C27H30N4O. The summed E-state index contributed by atoms with van der Waals surface area (Å²) in [5.74, 6) is 1.29. The molecular weight excluding hydrogens is 396 g/mol. The highest BCUT2D eigenvalue weighted by molar-refractivity contribution is 5.97. The second-order valence-corrected chi connectivity index (χ2v) is 9.45. The molecule has 1 aliphatic heterocycles. The molecule has 1 fully saturated rings. The number of fused-ring (bicyclic) bond motifs is 2. The zero-order chi connectivity index (χ0) is 21.9. The van der Waals surface area contributed by atoms with Crippen LogP contribution >= 0.6 is 0 Å². The van der Waals surface area contributed by atoms with Gasteiger partial charge in [0.05, 0.1) is 11.6 Å². The lowest BCUT2D eigenvalue weighted by atomic mass is 9.81. The molecule has 1 amide bonds. The maximum absolute atomic E-state index is 12.6. The first kappa shape index (κ1) is 20.8. The van der Waals surface area contributed by atoms with Gasteiger partial charge in [-0.25, -0.2) is 0 Å². The highest BCUT2D eigenvalue weighted by Crippen LogP contribution is 2.30. The van der Waals surface area contributed by atoms with E-state index in [1.54, 1.807) is 0 Å². The predicted octanol–water partition coefficient (Wildman–Crippen LogP) is 4.63. The quantitative estimate of drug-likeness (QED) is 0.625. The van der Waals surface area contributed by atoms with Gasteiger partial charge < -0.3 is 10.3 Å². The van der Waals surface area contributed by atoms with Crippen molar-refractivity contribution >= 4 is 16.8 Å². The number of carbonyl (C=O) groups is 1. The Morgan fingerprint density at radius 2 is 1.88 bits per heavy atom. The van der Waals surface area contributed by atoms with Crippen LogP contribution in [0.15, 0.2) is 48.5 Å². The van der Waals surface area contributed by atoms with E-state index in [9.17, 15) is 10.1 Å². The van der Waals surface area contributed by atoms with Gasteiger partial charge in [-0.05, 0) is 79.3 Å². The first-order valence-corrected chi connectivity index (χ1v) is 11.8. The highest BCUT2D eigenvalue weighted by Gasteiger charge is 2.25. The molecule has 0 bridgehead atoms. The number of nitrogens with zero attached hydrogens (tertiary/aromatic N) is 2. The number of nitriles is 1. The van der Waals surface area contributed by atoms with Crippen molar-refractivity contribution in [3.8, 4) is 6.07 Å². The molecule has 32 heavy (non-hydrogen) atoms. The Balaban J connectivity index is 1.08. The lowest BCUT2D eigenvalue weighted by molar-refractivity contribution is 0.0934. The van der Waals surface area contributed by atoms with E-state index >= 15 is 0 Å². The van der Waals surface area contributed by atoms with Crippen LogP contribution in [0, 0.1) is 23.2 Å². The maximum atomic E-state index is 12.6. The summed E-state index contributed by atoms with van der Waals surface area (Å²) in [5.41, 5.74) is 5.13. The summed E-state index contributed by atoms with van der Waals surface area (Å²) < 4.78 is 0. The van der Waals surface area contributed by atoms with Crippen LogP contribution < -0.4 is 5.32 Å². The molecule has 1 saturated carbocycles. The molecule has 5 heteroatoms. The third kappa shape index (κ3) is 4.56. The summed E-state index contributed by atoms with van der Waals surface area (Å²) in [4.78, 5) is 18.3. The molecule has 0 unspecified atom stereocenters. The van der Waals surface area contributed by atoms with Crippen molar-refractivity contribution in [1.82, 2.24) is 15.2 Å². The fraction of sp³-hybridized carbons (Fsp3) is 0.407. The van der Waals surface area contributed by atoms with Gasteiger partial charge in [0.25, 0.3) is 5.91 Å². The molecule has 1 aliphatic carbocycles. The Hall–Kier alpha value is -3.10. The van der Waals surface area contributed by atoms with Crippen molar-refractivity contribution in [2.45, 2.75) is 38.6 Å². The van der Waals surface area contributed by atoms with Gasteiger partial charge in [-0.1, -0.05) is 24.3 Å². The molecule has 0 spiro atoms. The smallest absolute Gasteiger partial charge is 0.267 e. The van der Waals surface area contributed by atoms with E-state index in [1.807, 2.05) is 36.4 Å². The molecule has 0 radical (unpaired) electrons. The molecule has 3 aromatic rings. The molecule has 164 valence electrons. The van der Waals surface area contributed by atoms with Crippen molar-refractivity contribution in [3.63, 3.8) is 0 Å². The first-order chi connectivity index (χ1) is 15.7. The van der Waals surface area contributed by atoms with E-state index in [0.717, 1.165) is 55.0 Å². The molecule has 1 aromatic heterocycles. The number of H-pyrrole nitrogens is 1. The Morgan fingerprint density at radius 3 is 2.69 bits per heavy atom. The number of nitrogens with one attached hydrogen (secondary N) is 2. The summed E-state index contributed by atoms with van der Waals surface area (Å²) in [7, 11) is 0. The monoisotopic (exact) mass is 426 g/mol. The minimum atomic E-state index is -0.00737. The minimum absolute atomic E-state index is 0.00737. The summed E-state index contributed by atoms with van der Waals surface area (Å²) in [6, 6.07) is 18.3. The number of para-hydroxylation sites is 1. The van der Waals surface area contributed by atoms with Gasteiger partial charge >= 0.3 is 0 Å². The van der Waals surface area contributed by atoms with Crippen LogP contribution in [0.25, 0.3) is 10.9 Å². The lowest BCUT2D eigenvalue weighted by Crippen LogP contribution is -2.37. The predicted molar refractivity (Wildman–Crippen MR) is 126 cm³/mol. The highest BCUT2D eigenvalue weighted by atomic mass is 16.1. The van der Waals surface area contributed by atoms with Gasteiger partial charge in [-0.3, -0.25) is 9.69 Å². The SMILES string of the molecule is N#Cc1ccc2c(c1)CN(CC1CCC(CNC(=O)c3cc4ccccc4[nH]3)CC1)CC2. The van der Waals surface area contributed by atoms with Crippen LogP contribution in [0.4, 0.5) is 0 Å². The number of hydrogen-bond acceptors (Lipinski definition) is 3. The van der Waals surface area contributed by atoms with Gasteiger partial charge in [0, 0.05) is 37.1 Å². The van der Waals surface area contributed by atoms with Crippen LogP contribution in [-0.2, 0) is 13.0 Å². The second-order valence-electron chi connectivity index (χ2n) is 9.45. The number of benzene rings is 2. The Kier molecular flexibility index (Phi) is 5.96. The van der Waals surface area contributed by atoms with E-state index in [4.69, 9.17) is 0 Å². The molecule has 2 aromatic carbocycles. The topological polar surface area (TPSA) is 71.9 Å². The van der Waals surface area contributed by atoms with Crippen LogP contribution in [0.2, 0.25) is 0 Å². The average Bonchev–Trinajstić information content (AvgIpc) is 3.27. The van der Waals surface area contributed by atoms with Crippen LogP contribution in [0.1, 0.15) is 52.9 Å². The Bertz CT molecular complexity index is 1120. The standard InChI is InChI=1S/C27H30N4O/c28-15-21-9-10-22-11-12-31(18-24(22)13-21)17-20-7-5-19(6-8-20)16-29-27(32)26-14-23-3-1-2-4-25(23)30-26/h1-4,9-10,13-14,19-20,30H,5-8,11-12,16-18H2,(H,29,32). The molecule has 2 aliphatic rings. The number of aromatic amines is 1. The van der Waals surface area contributed by atoms with E-state index in [1.165, 1.54) is 36.8 Å². The Morgan fingerprint density at radius 1 is 1.06 bits per heavy atom. The van der Waals surface area contributed by atoms with Crippen molar-refractivity contribution in [1.29, 1.82) is 5.26 Å². The fourth-order valence-electron chi connectivity index (χ4n) is 5.35. The van der Waals surface area contributed by atoms with Crippen molar-refractivity contribution in [2.24, 2.45) is 11.8 Å². The fourth-order valence-corrected chi connectivity index (χ4v) is 5.35. The largest absolute Gasteiger partial charge is 0.351 e. The van der Waals surface area contributed by atoms with Gasteiger partial charge in [-0.2, -0.15) is 5.26 Å². The normalized spacial score (nSPS) is 21.1. The zero-order valence-corrected chi connectivity index (χ0v) is 18.4. The van der Waals surface area contributed by atoms with Gasteiger partial charge in [0.2, 0.25) is 0 Å². The summed E-state index contributed by atoms with van der Waals surface area (Å²) in [6.07, 6.45) is 5.90. The molecule has 2 N–H and O–H groups in total. The van der Waals surface area contributed by atoms with Crippen molar-refractivity contribution < 1.29 is 4.79 Å². The van der Waals surface area contributed by atoms with Gasteiger partial charge in [0.15, 0.2) is 0 Å². The average molecular weight is 427 g/mol. The lowest BCUT2D eigenvalue weighted by Gasteiger charge is -2.35.